The fraction of sp³-hybridized carbons (Fsp3) is 0.667. The zero-order valence-corrected chi connectivity index (χ0v) is 9.16. The van der Waals surface area contributed by atoms with Crippen LogP contribution in [-0.2, 0) is 18.4 Å². The average molecular weight is 211 g/mol. The van der Waals surface area contributed by atoms with E-state index >= 15 is 0 Å². The number of carbonyl (C=O) groups excluding carboxylic acids is 1. The standard InChI is InChI=1S/C9H17N5O/c1-3-4-10-6-9(15)11-5-8-13-12-7-14(8)2/h7,10H,3-6H2,1-2H3,(H,11,15). The number of nitrogens with zero attached hydrogens (tertiary/aromatic N) is 3. The lowest BCUT2D eigenvalue weighted by Gasteiger charge is -2.05. The quantitative estimate of drug-likeness (QED) is 0.618. The van der Waals surface area contributed by atoms with Gasteiger partial charge in [0.25, 0.3) is 0 Å². The molecule has 6 nitrogen and oxygen atoms in total. The van der Waals surface area contributed by atoms with Crippen molar-refractivity contribution in [1.29, 1.82) is 0 Å². The Kier molecular flexibility index (Phi) is 4.76. The third kappa shape index (κ3) is 4.07. The van der Waals surface area contributed by atoms with Crippen molar-refractivity contribution in [3.05, 3.63) is 12.2 Å². The van der Waals surface area contributed by atoms with Gasteiger partial charge in [-0.2, -0.15) is 0 Å². The molecule has 1 heterocycles. The highest BCUT2D eigenvalue weighted by Crippen LogP contribution is 1.89. The van der Waals surface area contributed by atoms with Crippen molar-refractivity contribution in [3.63, 3.8) is 0 Å². The zero-order chi connectivity index (χ0) is 11.1. The van der Waals surface area contributed by atoms with Crippen LogP contribution in [0.3, 0.4) is 0 Å². The summed E-state index contributed by atoms with van der Waals surface area (Å²) in [5, 5.41) is 13.4. The largest absolute Gasteiger partial charge is 0.348 e. The van der Waals surface area contributed by atoms with Crippen LogP contribution in [0, 0.1) is 0 Å². The third-order valence-corrected chi connectivity index (χ3v) is 1.96. The van der Waals surface area contributed by atoms with Crippen LogP contribution in [0.4, 0.5) is 0 Å². The maximum absolute atomic E-state index is 11.3. The van der Waals surface area contributed by atoms with Gasteiger partial charge in [-0.05, 0) is 13.0 Å². The molecule has 0 spiro atoms. The van der Waals surface area contributed by atoms with Gasteiger partial charge in [-0.1, -0.05) is 6.92 Å². The molecule has 1 amide bonds. The summed E-state index contributed by atoms with van der Waals surface area (Å²) in [4.78, 5) is 11.3. The van der Waals surface area contributed by atoms with E-state index in [1.807, 2.05) is 7.05 Å². The SMILES string of the molecule is CCCNCC(=O)NCc1nncn1C. The zero-order valence-electron chi connectivity index (χ0n) is 9.16. The van der Waals surface area contributed by atoms with Crippen LogP contribution in [0.15, 0.2) is 6.33 Å². The lowest BCUT2D eigenvalue weighted by Crippen LogP contribution is -2.34. The number of hydrogen-bond donors (Lipinski definition) is 2. The molecule has 0 aromatic carbocycles. The highest BCUT2D eigenvalue weighted by atomic mass is 16.1. The van der Waals surface area contributed by atoms with Crippen molar-refractivity contribution in [1.82, 2.24) is 25.4 Å². The molecule has 84 valence electrons. The van der Waals surface area contributed by atoms with Gasteiger partial charge in [0.05, 0.1) is 13.1 Å². The van der Waals surface area contributed by atoms with Crippen LogP contribution in [0.25, 0.3) is 0 Å². The summed E-state index contributed by atoms with van der Waals surface area (Å²) >= 11 is 0. The van der Waals surface area contributed by atoms with Crippen LogP contribution in [-0.4, -0.2) is 33.8 Å². The monoisotopic (exact) mass is 211 g/mol. The van der Waals surface area contributed by atoms with E-state index in [0.29, 0.717) is 13.1 Å². The number of rotatable bonds is 6. The molecular formula is C9H17N5O. The Balaban J connectivity index is 2.20. The van der Waals surface area contributed by atoms with Crippen LogP contribution in [0.5, 0.6) is 0 Å². The van der Waals surface area contributed by atoms with E-state index in [1.165, 1.54) is 0 Å². The van der Waals surface area contributed by atoms with E-state index in [4.69, 9.17) is 0 Å². The summed E-state index contributed by atoms with van der Waals surface area (Å²) in [6.07, 6.45) is 2.63. The van der Waals surface area contributed by atoms with E-state index in [9.17, 15) is 4.79 Å². The first-order chi connectivity index (χ1) is 7.24. The topological polar surface area (TPSA) is 71.8 Å². The Labute approximate surface area is 89.1 Å². The molecule has 0 unspecified atom stereocenters. The van der Waals surface area contributed by atoms with Gasteiger partial charge in [-0.15, -0.1) is 10.2 Å². The van der Waals surface area contributed by atoms with Crippen molar-refractivity contribution in [2.75, 3.05) is 13.1 Å². The van der Waals surface area contributed by atoms with Crippen LogP contribution < -0.4 is 10.6 Å². The minimum atomic E-state index is -0.0218. The molecule has 15 heavy (non-hydrogen) atoms. The van der Waals surface area contributed by atoms with Gasteiger partial charge in [0.1, 0.15) is 6.33 Å². The molecule has 0 aliphatic rings. The fourth-order valence-corrected chi connectivity index (χ4v) is 1.09. The second kappa shape index (κ2) is 6.13. The first kappa shape index (κ1) is 11.6. The fourth-order valence-electron chi connectivity index (χ4n) is 1.09. The van der Waals surface area contributed by atoms with Crippen molar-refractivity contribution in [2.45, 2.75) is 19.9 Å². The van der Waals surface area contributed by atoms with Crippen LogP contribution >= 0.6 is 0 Å². The highest BCUT2D eigenvalue weighted by Gasteiger charge is 2.03. The van der Waals surface area contributed by atoms with E-state index < -0.39 is 0 Å². The molecule has 0 fully saturated rings. The smallest absolute Gasteiger partial charge is 0.234 e. The summed E-state index contributed by atoms with van der Waals surface area (Å²) < 4.78 is 1.78. The summed E-state index contributed by atoms with van der Waals surface area (Å²) in [6, 6.07) is 0. The number of aromatic nitrogens is 3. The Hall–Kier alpha value is -1.43. The van der Waals surface area contributed by atoms with Gasteiger partial charge in [0.2, 0.25) is 5.91 Å². The number of hydrogen-bond acceptors (Lipinski definition) is 4. The molecule has 0 aliphatic carbocycles. The molecular weight excluding hydrogens is 194 g/mol. The van der Waals surface area contributed by atoms with Crippen molar-refractivity contribution >= 4 is 5.91 Å². The predicted octanol–water partition coefficient (Wildman–Crippen LogP) is -0.569. The van der Waals surface area contributed by atoms with E-state index in [0.717, 1.165) is 18.8 Å². The molecule has 1 aromatic rings. The Bertz CT molecular complexity index is 309. The summed E-state index contributed by atoms with van der Waals surface area (Å²) in [5.41, 5.74) is 0. The number of aryl methyl sites for hydroxylation is 1. The summed E-state index contributed by atoms with van der Waals surface area (Å²) in [7, 11) is 1.84. The molecule has 0 aliphatic heterocycles. The summed E-state index contributed by atoms with van der Waals surface area (Å²) in [6.45, 7) is 3.69. The number of nitrogens with one attached hydrogen (secondary N) is 2. The highest BCUT2D eigenvalue weighted by molar-refractivity contribution is 5.77. The van der Waals surface area contributed by atoms with E-state index in [1.54, 1.807) is 10.9 Å². The van der Waals surface area contributed by atoms with E-state index in [-0.39, 0.29) is 5.91 Å². The van der Waals surface area contributed by atoms with Gasteiger partial charge in [0.15, 0.2) is 5.82 Å². The normalized spacial score (nSPS) is 10.3. The Morgan fingerprint density at radius 3 is 3.00 bits per heavy atom. The lowest BCUT2D eigenvalue weighted by molar-refractivity contribution is -0.120. The second-order valence-electron chi connectivity index (χ2n) is 3.31. The first-order valence-corrected chi connectivity index (χ1v) is 5.04. The average Bonchev–Trinajstić information content (AvgIpc) is 2.61. The molecule has 0 saturated heterocycles. The number of carbonyl (C=O) groups is 1. The van der Waals surface area contributed by atoms with Gasteiger partial charge in [-0.3, -0.25) is 4.79 Å². The molecule has 0 radical (unpaired) electrons. The molecule has 0 atom stereocenters. The first-order valence-electron chi connectivity index (χ1n) is 5.04. The number of amides is 1. The Morgan fingerprint density at radius 2 is 2.40 bits per heavy atom. The van der Waals surface area contributed by atoms with Crippen LogP contribution in [0.2, 0.25) is 0 Å². The van der Waals surface area contributed by atoms with E-state index in [2.05, 4.69) is 27.8 Å². The minimum Gasteiger partial charge on any atom is -0.348 e. The molecule has 0 saturated carbocycles. The molecule has 2 N–H and O–H groups in total. The Morgan fingerprint density at radius 1 is 1.60 bits per heavy atom. The molecule has 6 heteroatoms. The van der Waals surface area contributed by atoms with Gasteiger partial charge < -0.3 is 15.2 Å². The maximum Gasteiger partial charge on any atom is 0.234 e. The third-order valence-electron chi connectivity index (χ3n) is 1.96. The second-order valence-corrected chi connectivity index (χ2v) is 3.31. The van der Waals surface area contributed by atoms with Gasteiger partial charge >= 0.3 is 0 Å². The predicted molar refractivity (Wildman–Crippen MR) is 56.0 cm³/mol. The molecule has 1 aromatic heterocycles. The molecule has 1 rings (SSSR count). The van der Waals surface area contributed by atoms with Crippen molar-refractivity contribution in [3.8, 4) is 0 Å². The van der Waals surface area contributed by atoms with Gasteiger partial charge in [-0.25, -0.2) is 0 Å². The van der Waals surface area contributed by atoms with Crippen molar-refractivity contribution in [2.24, 2.45) is 7.05 Å². The maximum atomic E-state index is 11.3. The minimum absolute atomic E-state index is 0.0218. The van der Waals surface area contributed by atoms with Crippen LogP contribution in [0.1, 0.15) is 19.2 Å². The summed E-state index contributed by atoms with van der Waals surface area (Å²) in [5.74, 6) is 0.727. The lowest BCUT2D eigenvalue weighted by atomic mass is 10.4. The van der Waals surface area contributed by atoms with Gasteiger partial charge in [0, 0.05) is 7.05 Å². The molecule has 0 bridgehead atoms. The van der Waals surface area contributed by atoms with Crippen molar-refractivity contribution < 1.29 is 4.79 Å².